The van der Waals surface area contributed by atoms with Gasteiger partial charge in [0.25, 0.3) is 0 Å². The summed E-state index contributed by atoms with van der Waals surface area (Å²) >= 11 is 0. The van der Waals surface area contributed by atoms with Crippen LogP contribution in [0.3, 0.4) is 0 Å². The molecule has 0 unspecified atom stereocenters. The monoisotopic (exact) mass is 313 g/mol. The first-order valence-corrected chi connectivity index (χ1v) is 7.83. The Kier molecular flexibility index (Phi) is 5.68. The second kappa shape index (κ2) is 7.72. The fourth-order valence-corrected chi connectivity index (χ4v) is 2.39. The maximum absolute atomic E-state index is 12.2. The lowest BCUT2D eigenvalue weighted by atomic mass is 10.1. The Balaban J connectivity index is 2.00. The number of hydrogen-bond acceptors (Lipinski definition) is 4. The van der Waals surface area contributed by atoms with Crippen LogP contribution in [0, 0.1) is 20.8 Å². The Morgan fingerprint density at radius 1 is 1.17 bits per heavy atom. The molecule has 0 saturated heterocycles. The van der Waals surface area contributed by atoms with E-state index in [4.69, 9.17) is 4.74 Å². The van der Waals surface area contributed by atoms with Crippen LogP contribution in [0.5, 0.6) is 6.01 Å². The fraction of sp³-hybridized carbons (Fsp3) is 0.389. The van der Waals surface area contributed by atoms with Crippen molar-refractivity contribution in [1.82, 2.24) is 9.97 Å². The number of carbonyl (C=O) groups is 1. The van der Waals surface area contributed by atoms with Gasteiger partial charge in [-0.15, -0.1) is 0 Å². The number of amides is 1. The standard InChI is InChI=1S/C18H23N3O2/c1-5-23-18-19-13(3)17(14(4)20-18)21-16(22)10-9-15-8-6-7-12(2)11-15/h6-8,11H,5,9-10H2,1-4H3,(H,21,22). The van der Waals surface area contributed by atoms with Crippen molar-refractivity contribution in [2.24, 2.45) is 0 Å². The third kappa shape index (κ3) is 4.77. The maximum atomic E-state index is 12.2. The van der Waals surface area contributed by atoms with Crippen LogP contribution in [0.4, 0.5) is 5.69 Å². The molecule has 0 aliphatic carbocycles. The lowest BCUT2D eigenvalue weighted by Crippen LogP contribution is -2.16. The van der Waals surface area contributed by atoms with Crippen molar-refractivity contribution in [2.45, 2.75) is 40.5 Å². The highest BCUT2D eigenvalue weighted by Gasteiger charge is 2.12. The molecule has 1 aromatic heterocycles. The number of ether oxygens (including phenoxy) is 1. The molecule has 2 rings (SSSR count). The van der Waals surface area contributed by atoms with E-state index in [1.165, 1.54) is 5.56 Å². The highest BCUT2D eigenvalue weighted by atomic mass is 16.5. The fourth-order valence-electron chi connectivity index (χ4n) is 2.39. The summed E-state index contributed by atoms with van der Waals surface area (Å²) in [6.45, 7) is 8.13. The minimum absolute atomic E-state index is 0.0366. The average Bonchev–Trinajstić information content (AvgIpc) is 2.49. The van der Waals surface area contributed by atoms with Crippen molar-refractivity contribution >= 4 is 11.6 Å². The highest BCUT2D eigenvalue weighted by molar-refractivity contribution is 5.91. The molecule has 1 aromatic carbocycles. The minimum atomic E-state index is -0.0366. The number of aromatic nitrogens is 2. The number of hydrogen-bond donors (Lipinski definition) is 1. The van der Waals surface area contributed by atoms with Gasteiger partial charge in [-0.2, -0.15) is 9.97 Å². The Bertz CT molecular complexity index is 675. The second-order valence-electron chi connectivity index (χ2n) is 5.52. The van der Waals surface area contributed by atoms with Crippen molar-refractivity contribution in [3.05, 3.63) is 46.8 Å². The van der Waals surface area contributed by atoms with E-state index in [9.17, 15) is 4.79 Å². The van der Waals surface area contributed by atoms with Crippen molar-refractivity contribution in [3.8, 4) is 6.01 Å². The Morgan fingerprint density at radius 3 is 2.48 bits per heavy atom. The molecule has 2 aromatic rings. The molecule has 5 nitrogen and oxygen atoms in total. The van der Waals surface area contributed by atoms with Crippen LogP contribution < -0.4 is 10.1 Å². The average molecular weight is 313 g/mol. The number of nitrogens with one attached hydrogen (secondary N) is 1. The van der Waals surface area contributed by atoms with Crippen molar-refractivity contribution in [1.29, 1.82) is 0 Å². The second-order valence-corrected chi connectivity index (χ2v) is 5.52. The zero-order valence-corrected chi connectivity index (χ0v) is 14.1. The molecule has 0 radical (unpaired) electrons. The number of nitrogens with zero attached hydrogens (tertiary/aromatic N) is 2. The number of anilines is 1. The summed E-state index contributed by atoms with van der Waals surface area (Å²) in [5, 5.41) is 2.91. The molecular weight excluding hydrogens is 290 g/mol. The number of carbonyl (C=O) groups excluding carboxylic acids is 1. The van der Waals surface area contributed by atoms with Gasteiger partial charge in [0.1, 0.15) is 0 Å². The van der Waals surface area contributed by atoms with Crippen molar-refractivity contribution < 1.29 is 9.53 Å². The molecule has 0 atom stereocenters. The molecule has 0 spiro atoms. The van der Waals surface area contributed by atoms with Crippen LogP contribution >= 0.6 is 0 Å². The third-order valence-electron chi connectivity index (χ3n) is 3.51. The van der Waals surface area contributed by atoms with E-state index in [0.29, 0.717) is 42.5 Å². The molecule has 5 heteroatoms. The molecule has 0 aliphatic rings. The summed E-state index contributed by atoms with van der Waals surface area (Å²) in [7, 11) is 0. The van der Waals surface area contributed by atoms with E-state index in [1.807, 2.05) is 45.9 Å². The van der Waals surface area contributed by atoms with Crippen LogP contribution in [0.25, 0.3) is 0 Å². The largest absolute Gasteiger partial charge is 0.464 e. The Hall–Kier alpha value is -2.43. The van der Waals surface area contributed by atoms with E-state index in [-0.39, 0.29) is 5.91 Å². The highest BCUT2D eigenvalue weighted by Crippen LogP contribution is 2.20. The van der Waals surface area contributed by atoms with Gasteiger partial charge in [0, 0.05) is 6.42 Å². The zero-order chi connectivity index (χ0) is 16.8. The van der Waals surface area contributed by atoms with Crippen LogP contribution in [-0.2, 0) is 11.2 Å². The van der Waals surface area contributed by atoms with Crippen LogP contribution in [0.15, 0.2) is 24.3 Å². The van der Waals surface area contributed by atoms with E-state index >= 15 is 0 Å². The smallest absolute Gasteiger partial charge is 0.316 e. The molecule has 1 amide bonds. The van der Waals surface area contributed by atoms with E-state index < -0.39 is 0 Å². The van der Waals surface area contributed by atoms with Gasteiger partial charge in [-0.3, -0.25) is 4.79 Å². The molecule has 1 N–H and O–H groups in total. The maximum Gasteiger partial charge on any atom is 0.316 e. The first kappa shape index (κ1) is 16.9. The van der Waals surface area contributed by atoms with Crippen molar-refractivity contribution in [3.63, 3.8) is 0 Å². The Morgan fingerprint density at radius 2 is 1.87 bits per heavy atom. The van der Waals surface area contributed by atoms with Gasteiger partial charge in [0.2, 0.25) is 5.91 Å². The minimum Gasteiger partial charge on any atom is -0.464 e. The van der Waals surface area contributed by atoms with E-state index in [1.54, 1.807) is 0 Å². The van der Waals surface area contributed by atoms with E-state index in [0.717, 1.165) is 5.56 Å². The zero-order valence-electron chi connectivity index (χ0n) is 14.1. The summed E-state index contributed by atoms with van der Waals surface area (Å²) in [4.78, 5) is 20.7. The SMILES string of the molecule is CCOc1nc(C)c(NC(=O)CCc2cccc(C)c2)c(C)n1. The van der Waals surface area contributed by atoms with Crippen molar-refractivity contribution in [2.75, 3.05) is 11.9 Å². The van der Waals surface area contributed by atoms with Crippen LogP contribution in [0.2, 0.25) is 0 Å². The van der Waals surface area contributed by atoms with Gasteiger partial charge in [-0.1, -0.05) is 29.8 Å². The molecule has 0 fully saturated rings. The summed E-state index contributed by atoms with van der Waals surface area (Å²) in [5.74, 6) is -0.0366. The molecule has 122 valence electrons. The van der Waals surface area contributed by atoms with Gasteiger partial charge in [0.05, 0.1) is 23.7 Å². The number of rotatable bonds is 6. The molecule has 23 heavy (non-hydrogen) atoms. The van der Waals surface area contributed by atoms with Gasteiger partial charge in [-0.25, -0.2) is 0 Å². The summed E-state index contributed by atoms with van der Waals surface area (Å²) < 4.78 is 5.31. The first-order chi connectivity index (χ1) is 11.0. The third-order valence-corrected chi connectivity index (χ3v) is 3.51. The predicted molar refractivity (Wildman–Crippen MR) is 90.8 cm³/mol. The summed E-state index contributed by atoms with van der Waals surface area (Å²) in [6, 6.07) is 8.55. The van der Waals surface area contributed by atoms with Gasteiger partial charge in [0.15, 0.2) is 0 Å². The van der Waals surface area contributed by atoms with Gasteiger partial charge >= 0.3 is 6.01 Å². The molecule has 0 aliphatic heterocycles. The Labute approximate surface area is 137 Å². The van der Waals surface area contributed by atoms with E-state index in [2.05, 4.69) is 21.4 Å². The lowest BCUT2D eigenvalue weighted by molar-refractivity contribution is -0.116. The predicted octanol–water partition coefficient (Wildman–Crippen LogP) is 3.37. The quantitative estimate of drug-likeness (QED) is 0.888. The number of benzene rings is 1. The summed E-state index contributed by atoms with van der Waals surface area (Å²) in [6.07, 6.45) is 1.14. The molecule has 0 saturated carbocycles. The molecular formula is C18H23N3O2. The van der Waals surface area contributed by atoms with Gasteiger partial charge in [-0.05, 0) is 39.7 Å². The molecule has 0 bridgehead atoms. The first-order valence-electron chi connectivity index (χ1n) is 7.83. The van der Waals surface area contributed by atoms with Gasteiger partial charge < -0.3 is 10.1 Å². The van der Waals surface area contributed by atoms with Crippen LogP contribution in [0.1, 0.15) is 35.9 Å². The molecule has 1 heterocycles. The summed E-state index contributed by atoms with van der Waals surface area (Å²) in [5.41, 5.74) is 4.46. The lowest BCUT2D eigenvalue weighted by Gasteiger charge is -2.12. The normalized spacial score (nSPS) is 10.4. The van der Waals surface area contributed by atoms with Crippen LogP contribution in [-0.4, -0.2) is 22.5 Å². The number of aryl methyl sites for hydroxylation is 4. The topological polar surface area (TPSA) is 64.1 Å².